The van der Waals surface area contributed by atoms with E-state index in [-0.39, 0.29) is 12.0 Å². The van der Waals surface area contributed by atoms with Crippen molar-refractivity contribution in [1.82, 2.24) is 0 Å². The van der Waals surface area contributed by atoms with Crippen LogP contribution < -0.4 is 0 Å². The fourth-order valence-electron chi connectivity index (χ4n) is 5.60. The van der Waals surface area contributed by atoms with Crippen molar-refractivity contribution in [2.75, 3.05) is 0 Å². The summed E-state index contributed by atoms with van der Waals surface area (Å²) in [6.45, 7) is 20.6. The molecular formula is C33H52O10. The molecule has 0 aromatic carbocycles. The van der Waals surface area contributed by atoms with Crippen LogP contribution in [0, 0.1) is 40.9 Å². The van der Waals surface area contributed by atoms with E-state index >= 15 is 0 Å². The molecule has 0 bridgehead atoms. The molecule has 2 aliphatic rings. The first-order valence-corrected chi connectivity index (χ1v) is 15.3. The van der Waals surface area contributed by atoms with Crippen molar-refractivity contribution in [2.45, 2.75) is 118 Å². The minimum atomic E-state index is -2.15. The Kier molecular flexibility index (Phi) is 12.0. The summed E-state index contributed by atoms with van der Waals surface area (Å²) in [6.07, 6.45) is -4.00. The number of ketones is 1. The van der Waals surface area contributed by atoms with E-state index in [1.54, 1.807) is 81.4 Å². The number of allylic oxidation sites excluding steroid dienone is 1. The molecule has 0 aromatic rings. The van der Waals surface area contributed by atoms with Gasteiger partial charge in [0.15, 0.2) is 18.0 Å². The molecule has 43 heavy (non-hydrogen) atoms. The minimum Gasteiger partial charge on any atom is -0.457 e. The number of rotatable bonds is 7. The van der Waals surface area contributed by atoms with Crippen molar-refractivity contribution in [1.29, 1.82) is 0 Å². The predicted octanol–water partition coefficient (Wildman–Crippen LogP) is 3.55. The van der Waals surface area contributed by atoms with Gasteiger partial charge in [-0.3, -0.25) is 19.2 Å². The Balaban J connectivity index is 2.95. The molecule has 0 aromatic heterocycles. The monoisotopic (exact) mass is 608 g/mol. The number of ether oxygens (including phenoxy) is 3. The van der Waals surface area contributed by atoms with Crippen LogP contribution in [0.5, 0.6) is 0 Å². The SMILES string of the molecule is C=C1[C@@H](OC(=O)C(C)C)[C@H](OC(=O)C(C)CC)[C@H](O)C(C)(C)/C=C/[C@@H](C)C(=O)[C@]2(O)C[C@@H](C)[C@@H](O)[C@H]2[C@@H]1OC(=O)C(C)C. The van der Waals surface area contributed by atoms with Crippen LogP contribution >= 0.6 is 0 Å². The second-order valence-electron chi connectivity index (χ2n) is 13.7. The molecule has 1 unspecified atom stereocenters. The van der Waals surface area contributed by atoms with Gasteiger partial charge < -0.3 is 29.5 Å². The first-order chi connectivity index (χ1) is 19.7. The third-order valence-corrected chi connectivity index (χ3v) is 8.92. The van der Waals surface area contributed by atoms with Crippen LogP contribution in [0.25, 0.3) is 0 Å². The fraction of sp³-hybridized carbons (Fsp3) is 0.758. The molecule has 2 aliphatic carbocycles. The lowest BCUT2D eigenvalue weighted by molar-refractivity contribution is -0.188. The average molecular weight is 609 g/mol. The normalized spacial score (nSPS) is 36.3. The molecule has 10 nitrogen and oxygen atoms in total. The van der Waals surface area contributed by atoms with Gasteiger partial charge >= 0.3 is 17.9 Å². The van der Waals surface area contributed by atoms with Gasteiger partial charge in [-0.2, -0.15) is 0 Å². The zero-order valence-corrected chi connectivity index (χ0v) is 27.3. The predicted molar refractivity (Wildman–Crippen MR) is 159 cm³/mol. The van der Waals surface area contributed by atoms with Crippen LogP contribution in [-0.2, 0) is 33.4 Å². The Bertz CT molecular complexity index is 1090. The summed E-state index contributed by atoms with van der Waals surface area (Å²) in [5.74, 6) is -7.34. The molecule has 1 saturated carbocycles. The van der Waals surface area contributed by atoms with Gasteiger partial charge in [-0.25, -0.2) is 0 Å². The number of carbonyl (C=O) groups is 4. The maximum Gasteiger partial charge on any atom is 0.309 e. The van der Waals surface area contributed by atoms with Crippen molar-refractivity contribution < 1.29 is 48.7 Å². The van der Waals surface area contributed by atoms with E-state index in [2.05, 4.69) is 6.58 Å². The van der Waals surface area contributed by atoms with Crippen molar-refractivity contribution in [3.05, 3.63) is 24.3 Å². The van der Waals surface area contributed by atoms with Gasteiger partial charge in [0.05, 0.1) is 29.8 Å². The highest BCUT2D eigenvalue weighted by Gasteiger charge is 2.61. The van der Waals surface area contributed by atoms with Gasteiger partial charge in [-0.05, 0) is 18.8 Å². The summed E-state index contributed by atoms with van der Waals surface area (Å²) in [5, 5.41) is 35.3. The number of carbonyl (C=O) groups excluding carboxylic acids is 4. The summed E-state index contributed by atoms with van der Waals surface area (Å²) in [6, 6.07) is 0. The Morgan fingerprint density at radius 3 is 1.95 bits per heavy atom. The van der Waals surface area contributed by atoms with Gasteiger partial charge in [0.2, 0.25) is 0 Å². The zero-order chi connectivity index (χ0) is 33.2. The van der Waals surface area contributed by atoms with Crippen molar-refractivity contribution >= 4 is 23.7 Å². The zero-order valence-electron chi connectivity index (χ0n) is 27.3. The maximum absolute atomic E-state index is 13.9. The quantitative estimate of drug-likeness (QED) is 0.222. The average Bonchev–Trinajstić information content (AvgIpc) is 3.17. The molecule has 0 aliphatic heterocycles. The highest BCUT2D eigenvalue weighted by atomic mass is 16.6. The molecule has 1 fully saturated rings. The minimum absolute atomic E-state index is 0.117. The Morgan fingerprint density at radius 2 is 1.47 bits per heavy atom. The van der Waals surface area contributed by atoms with Crippen LogP contribution in [0.2, 0.25) is 0 Å². The highest BCUT2D eigenvalue weighted by Crippen LogP contribution is 2.48. The van der Waals surface area contributed by atoms with Gasteiger partial charge in [0.1, 0.15) is 17.8 Å². The summed E-state index contributed by atoms with van der Waals surface area (Å²) >= 11 is 0. The molecule has 0 spiro atoms. The van der Waals surface area contributed by atoms with E-state index in [1.807, 2.05) is 0 Å². The Hall–Kier alpha value is -2.56. The first kappa shape index (κ1) is 36.6. The molecule has 3 N–H and O–H groups in total. The largest absolute Gasteiger partial charge is 0.457 e. The van der Waals surface area contributed by atoms with Gasteiger partial charge in [0.25, 0.3) is 0 Å². The lowest BCUT2D eigenvalue weighted by atomic mass is 9.72. The molecule has 0 amide bonds. The van der Waals surface area contributed by atoms with E-state index in [9.17, 15) is 34.5 Å². The van der Waals surface area contributed by atoms with E-state index in [1.165, 1.54) is 0 Å². The summed E-state index contributed by atoms with van der Waals surface area (Å²) in [5.41, 5.74) is -3.43. The van der Waals surface area contributed by atoms with Crippen molar-refractivity contribution in [3.8, 4) is 0 Å². The van der Waals surface area contributed by atoms with Crippen molar-refractivity contribution in [2.24, 2.45) is 40.9 Å². The molecule has 0 saturated heterocycles. The highest BCUT2D eigenvalue weighted by molar-refractivity contribution is 5.91. The number of aliphatic hydroxyl groups is 3. The van der Waals surface area contributed by atoms with Crippen LogP contribution in [-0.4, -0.2) is 75.1 Å². The number of fused-ring (bicyclic) bond motifs is 1. The van der Waals surface area contributed by atoms with Gasteiger partial charge in [0, 0.05) is 16.9 Å². The summed E-state index contributed by atoms with van der Waals surface area (Å²) in [7, 11) is 0. The molecule has 0 heterocycles. The van der Waals surface area contributed by atoms with Crippen molar-refractivity contribution in [3.63, 3.8) is 0 Å². The maximum atomic E-state index is 13.9. The van der Waals surface area contributed by atoms with E-state index in [4.69, 9.17) is 14.2 Å². The second-order valence-corrected chi connectivity index (χ2v) is 13.7. The number of esters is 3. The Morgan fingerprint density at radius 1 is 0.953 bits per heavy atom. The number of hydrogen-bond acceptors (Lipinski definition) is 10. The number of Topliss-reactive ketones (excluding diaryl/α,β-unsaturated/α-hetero) is 1. The van der Waals surface area contributed by atoms with E-state index in [0.29, 0.717) is 6.42 Å². The van der Waals surface area contributed by atoms with E-state index in [0.717, 1.165) is 0 Å². The van der Waals surface area contributed by atoms with Crippen LogP contribution in [0.1, 0.15) is 82.1 Å². The third kappa shape index (κ3) is 7.75. The number of aliphatic hydroxyl groups excluding tert-OH is 2. The van der Waals surface area contributed by atoms with Crippen LogP contribution in [0.4, 0.5) is 0 Å². The third-order valence-electron chi connectivity index (χ3n) is 8.92. The summed E-state index contributed by atoms with van der Waals surface area (Å²) < 4.78 is 17.7. The topological polar surface area (TPSA) is 157 Å². The van der Waals surface area contributed by atoms with Crippen LogP contribution in [0.15, 0.2) is 24.3 Å². The molecular weight excluding hydrogens is 556 g/mol. The standard InChI is InChI=1S/C33H52O10/c1-12-18(6)31(39)43-26-25(42-30(38)17(4)5)21(9)24(41-29(37)16(2)3)22-23(34)20(8)15-33(22,40)27(35)19(7)13-14-32(10,11)28(26)36/h13-14,16-20,22-26,28,34,36,40H,9,12,15H2,1-8,10-11H3/b14-13+/t18?,19-,20-,22+,23-,24-,25-,26+,28+,33+/m1/s1. The summed E-state index contributed by atoms with van der Waals surface area (Å²) in [4.78, 5) is 53.3. The molecule has 2 rings (SSSR count). The van der Waals surface area contributed by atoms with Gasteiger partial charge in [-0.1, -0.05) is 88.0 Å². The lowest BCUT2D eigenvalue weighted by Crippen LogP contribution is -2.57. The first-order valence-electron chi connectivity index (χ1n) is 15.3. The van der Waals surface area contributed by atoms with Crippen LogP contribution in [0.3, 0.4) is 0 Å². The van der Waals surface area contributed by atoms with E-state index < -0.39 is 101 Å². The molecule has 10 atom stereocenters. The number of hydrogen-bond donors (Lipinski definition) is 3. The molecule has 10 heteroatoms. The van der Waals surface area contributed by atoms with Gasteiger partial charge in [-0.15, -0.1) is 0 Å². The Labute approximate surface area is 255 Å². The molecule has 0 radical (unpaired) electrons. The smallest absolute Gasteiger partial charge is 0.309 e. The molecule has 244 valence electrons. The fourth-order valence-corrected chi connectivity index (χ4v) is 5.60. The second kappa shape index (κ2) is 14.0. The lowest BCUT2D eigenvalue weighted by Gasteiger charge is -2.43.